The van der Waals surface area contributed by atoms with Crippen molar-refractivity contribution in [2.45, 2.75) is 6.54 Å². The van der Waals surface area contributed by atoms with E-state index in [2.05, 4.69) is 12.1 Å². The van der Waals surface area contributed by atoms with Gasteiger partial charge in [-0.1, -0.05) is 24.3 Å². The molecule has 1 aliphatic heterocycles. The average molecular weight is 389 g/mol. The summed E-state index contributed by atoms with van der Waals surface area (Å²) in [5, 5.41) is 2.23. The van der Waals surface area contributed by atoms with E-state index < -0.39 is 0 Å². The fraction of sp³-hybridized carbons (Fsp3) is 0.208. The average Bonchev–Trinajstić information content (AvgIpc) is 2.76. The highest BCUT2D eigenvalue weighted by atomic mass is 16.6. The lowest BCUT2D eigenvalue weighted by Crippen LogP contribution is -2.24. The molecule has 0 aromatic heterocycles. The van der Waals surface area contributed by atoms with Gasteiger partial charge >= 0.3 is 0 Å². The second kappa shape index (κ2) is 8.27. The number of benzene rings is 3. The van der Waals surface area contributed by atoms with Crippen LogP contribution in [0.25, 0.3) is 16.8 Å². The third-order valence-electron chi connectivity index (χ3n) is 4.89. The molecule has 0 N–H and O–H groups in total. The van der Waals surface area contributed by atoms with Crippen molar-refractivity contribution in [3.63, 3.8) is 0 Å². The molecule has 148 valence electrons. The molecule has 5 nitrogen and oxygen atoms in total. The maximum atomic E-state index is 12.5. The number of carbonyl (C=O) groups is 1. The molecule has 1 heterocycles. The van der Waals surface area contributed by atoms with E-state index in [1.165, 1.54) is 0 Å². The maximum Gasteiger partial charge on any atom is 0.246 e. The summed E-state index contributed by atoms with van der Waals surface area (Å²) in [6.45, 7) is 1.64. The number of rotatable bonds is 5. The van der Waals surface area contributed by atoms with Gasteiger partial charge in [-0.2, -0.15) is 0 Å². The molecule has 0 saturated carbocycles. The monoisotopic (exact) mass is 389 g/mol. The minimum Gasteiger partial charge on any atom is -0.497 e. The van der Waals surface area contributed by atoms with Crippen molar-refractivity contribution in [2.24, 2.45) is 0 Å². The minimum atomic E-state index is -0.0604. The van der Waals surface area contributed by atoms with Crippen LogP contribution in [0.1, 0.15) is 11.1 Å². The van der Waals surface area contributed by atoms with Crippen molar-refractivity contribution in [1.29, 1.82) is 0 Å². The van der Waals surface area contributed by atoms with Gasteiger partial charge in [0.05, 0.1) is 7.11 Å². The van der Waals surface area contributed by atoms with E-state index in [1.807, 2.05) is 42.5 Å². The van der Waals surface area contributed by atoms with E-state index in [-0.39, 0.29) is 5.91 Å². The minimum absolute atomic E-state index is 0.0604. The van der Waals surface area contributed by atoms with Crippen molar-refractivity contribution in [2.75, 3.05) is 27.4 Å². The molecule has 0 saturated heterocycles. The standard InChI is InChI=1S/C24H23NO4/c1-25(16-18-3-6-20-15-21(27-2)8-7-19(20)13-18)24(26)10-5-17-4-9-22-23(14-17)29-12-11-28-22/h3-10,13-15H,11-12,16H2,1-2H3/b10-5+. The third kappa shape index (κ3) is 4.35. The summed E-state index contributed by atoms with van der Waals surface area (Å²) in [5.74, 6) is 2.23. The predicted octanol–water partition coefficient (Wildman–Crippen LogP) is 4.29. The zero-order valence-electron chi connectivity index (χ0n) is 16.6. The Kier molecular flexibility index (Phi) is 5.38. The molecular weight excluding hydrogens is 366 g/mol. The highest BCUT2D eigenvalue weighted by Crippen LogP contribution is 2.31. The van der Waals surface area contributed by atoms with Crippen LogP contribution in [-0.4, -0.2) is 38.2 Å². The Morgan fingerprint density at radius 2 is 1.76 bits per heavy atom. The predicted molar refractivity (Wildman–Crippen MR) is 113 cm³/mol. The molecule has 0 bridgehead atoms. The largest absolute Gasteiger partial charge is 0.497 e. The number of ether oxygens (including phenoxy) is 3. The fourth-order valence-corrected chi connectivity index (χ4v) is 3.31. The number of carbonyl (C=O) groups excluding carboxylic acids is 1. The first-order chi connectivity index (χ1) is 14.1. The number of likely N-dealkylation sites (N-methyl/N-ethyl adjacent to an activating group) is 1. The van der Waals surface area contributed by atoms with Crippen LogP contribution in [0.3, 0.4) is 0 Å². The molecule has 3 aromatic rings. The Labute approximate surface area is 170 Å². The molecule has 3 aromatic carbocycles. The molecule has 0 fully saturated rings. The number of fused-ring (bicyclic) bond motifs is 2. The summed E-state index contributed by atoms with van der Waals surface area (Å²) in [7, 11) is 3.46. The second-order valence-corrected chi connectivity index (χ2v) is 6.98. The zero-order valence-corrected chi connectivity index (χ0v) is 16.6. The first-order valence-electron chi connectivity index (χ1n) is 9.52. The molecular formula is C24H23NO4. The highest BCUT2D eigenvalue weighted by molar-refractivity contribution is 5.92. The Balaban J connectivity index is 1.42. The lowest BCUT2D eigenvalue weighted by molar-refractivity contribution is -0.125. The van der Waals surface area contributed by atoms with Crippen molar-refractivity contribution < 1.29 is 19.0 Å². The Hall–Kier alpha value is -3.47. The molecule has 0 aliphatic carbocycles. The smallest absolute Gasteiger partial charge is 0.246 e. The van der Waals surface area contributed by atoms with E-state index in [0.29, 0.717) is 25.5 Å². The molecule has 4 rings (SSSR count). The van der Waals surface area contributed by atoms with Crippen LogP contribution in [0.5, 0.6) is 17.2 Å². The van der Waals surface area contributed by atoms with E-state index in [9.17, 15) is 4.79 Å². The summed E-state index contributed by atoms with van der Waals surface area (Å²) in [4.78, 5) is 14.2. The molecule has 5 heteroatoms. The van der Waals surface area contributed by atoms with E-state index in [1.54, 1.807) is 31.2 Å². The van der Waals surface area contributed by atoms with Crippen molar-refractivity contribution in [3.05, 3.63) is 71.8 Å². The first kappa shape index (κ1) is 18.9. The Bertz CT molecular complexity index is 1070. The van der Waals surface area contributed by atoms with Crippen LogP contribution in [0.2, 0.25) is 0 Å². The van der Waals surface area contributed by atoms with Gasteiger partial charge < -0.3 is 19.1 Å². The van der Waals surface area contributed by atoms with E-state index >= 15 is 0 Å². The van der Waals surface area contributed by atoms with Gasteiger partial charge in [-0.15, -0.1) is 0 Å². The lowest BCUT2D eigenvalue weighted by Gasteiger charge is -2.18. The fourth-order valence-electron chi connectivity index (χ4n) is 3.31. The second-order valence-electron chi connectivity index (χ2n) is 6.98. The maximum absolute atomic E-state index is 12.5. The SMILES string of the molecule is COc1ccc2cc(CN(C)C(=O)/C=C/c3ccc4c(c3)OCCO4)ccc2c1. The summed E-state index contributed by atoms with van der Waals surface area (Å²) >= 11 is 0. The molecule has 0 spiro atoms. The molecule has 0 atom stereocenters. The van der Waals surface area contributed by atoms with Gasteiger partial charge in [-0.25, -0.2) is 0 Å². The molecule has 0 radical (unpaired) electrons. The van der Waals surface area contributed by atoms with Gasteiger partial charge in [-0.05, 0) is 58.3 Å². The number of hydrogen-bond donors (Lipinski definition) is 0. The van der Waals surface area contributed by atoms with E-state index in [0.717, 1.165) is 33.4 Å². The van der Waals surface area contributed by atoms with Gasteiger partial charge in [-0.3, -0.25) is 4.79 Å². The molecule has 29 heavy (non-hydrogen) atoms. The number of nitrogens with zero attached hydrogens (tertiary/aromatic N) is 1. The van der Waals surface area contributed by atoms with Crippen LogP contribution in [-0.2, 0) is 11.3 Å². The summed E-state index contributed by atoms with van der Waals surface area (Å²) < 4.78 is 16.4. The van der Waals surface area contributed by atoms with Crippen molar-refractivity contribution >= 4 is 22.8 Å². The van der Waals surface area contributed by atoms with E-state index in [4.69, 9.17) is 14.2 Å². The van der Waals surface area contributed by atoms with Crippen LogP contribution < -0.4 is 14.2 Å². The summed E-state index contributed by atoms with van der Waals surface area (Å²) in [5.41, 5.74) is 1.97. The van der Waals surface area contributed by atoms with Crippen LogP contribution in [0.4, 0.5) is 0 Å². The van der Waals surface area contributed by atoms with Gasteiger partial charge in [0.15, 0.2) is 11.5 Å². The zero-order chi connectivity index (χ0) is 20.2. The van der Waals surface area contributed by atoms with Crippen molar-refractivity contribution in [1.82, 2.24) is 4.90 Å². The summed E-state index contributed by atoms with van der Waals surface area (Å²) in [6, 6.07) is 17.8. The molecule has 1 amide bonds. The van der Waals surface area contributed by atoms with Gasteiger partial charge in [0.2, 0.25) is 5.91 Å². The Morgan fingerprint density at radius 1 is 1.00 bits per heavy atom. The van der Waals surface area contributed by atoms with Gasteiger partial charge in [0, 0.05) is 19.7 Å². The number of hydrogen-bond acceptors (Lipinski definition) is 4. The van der Waals surface area contributed by atoms with Crippen LogP contribution in [0.15, 0.2) is 60.7 Å². The quantitative estimate of drug-likeness (QED) is 0.611. The molecule has 0 unspecified atom stereocenters. The summed E-state index contributed by atoms with van der Waals surface area (Å²) in [6.07, 6.45) is 3.38. The van der Waals surface area contributed by atoms with Gasteiger partial charge in [0.1, 0.15) is 19.0 Å². The third-order valence-corrected chi connectivity index (χ3v) is 4.89. The topological polar surface area (TPSA) is 48.0 Å². The number of amides is 1. The van der Waals surface area contributed by atoms with Crippen LogP contribution >= 0.6 is 0 Å². The van der Waals surface area contributed by atoms with Gasteiger partial charge in [0.25, 0.3) is 0 Å². The highest BCUT2D eigenvalue weighted by Gasteiger charge is 2.11. The molecule has 1 aliphatic rings. The first-order valence-corrected chi connectivity index (χ1v) is 9.52. The van der Waals surface area contributed by atoms with Crippen molar-refractivity contribution in [3.8, 4) is 17.2 Å². The lowest BCUT2D eigenvalue weighted by atomic mass is 10.1. The van der Waals surface area contributed by atoms with Crippen LogP contribution in [0, 0.1) is 0 Å². The number of methoxy groups -OCH3 is 1. The Morgan fingerprint density at radius 3 is 2.59 bits per heavy atom. The normalized spacial score (nSPS) is 12.9.